The predicted molar refractivity (Wildman–Crippen MR) is 52.0 cm³/mol. The Morgan fingerprint density at radius 3 is 2.07 bits per heavy atom. The lowest BCUT2D eigenvalue weighted by Crippen LogP contribution is -2.33. The molecule has 1 unspecified atom stereocenters. The number of hydrogen-bond acceptors (Lipinski definition) is 6. The van der Waals surface area contributed by atoms with Gasteiger partial charge in [0.2, 0.25) is 21.0 Å². The zero-order valence-corrected chi connectivity index (χ0v) is 12.4. The Hall–Kier alpha value is -0.716. The van der Waals surface area contributed by atoms with Gasteiger partial charge in [-0.25, -0.2) is 0 Å². The first-order valence-corrected chi connectivity index (χ1v) is 6.57. The van der Waals surface area contributed by atoms with Gasteiger partial charge in [-0.3, -0.25) is 14.1 Å². The van der Waals surface area contributed by atoms with Gasteiger partial charge in [-0.2, -0.15) is 8.42 Å². The van der Waals surface area contributed by atoms with Gasteiger partial charge in [0, 0.05) is 0 Å². The maximum absolute atomic E-state index is 10.9. The van der Waals surface area contributed by atoms with Gasteiger partial charge in [-0.05, 0) is 0 Å². The van der Waals surface area contributed by atoms with Gasteiger partial charge < -0.3 is 8.85 Å². The second kappa shape index (κ2) is 5.24. The van der Waals surface area contributed by atoms with Crippen LogP contribution in [0.2, 0.25) is 0 Å². The largest absolute Gasteiger partial charge is 0.529 e. The Kier molecular flexibility index (Phi) is 4.97. The molecule has 0 amide bonds. The average molecular weight is 258 g/mol. The third-order valence-corrected chi connectivity index (χ3v) is 3.34. The molecule has 0 bridgehead atoms. The van der Waals surface area contributed by atoms with Gasteiger partial charge in [0.05, 0.1) is 6.42 Å². The Bertz CT molecular complexity index is 323. The molecule has 10 heteroatoms. The van der Waals surface area contributed by atoms with E-state index in [1.54, 1.807) is 0 Å². The van der Waals surface area contributed by atoms with Crippen molar-refractivity contribution >= 4 is 43.0 Å². The van der Waals surface area contributed by atoms with E-state index in [4.69, 9.17) is 4.55 Å². The fourth-order valence-corrected chi connectivity index (χ4v) is 1.98. The van der Waals surface area contributed by atoms with Crippen molar-refractivity contribution in [3.05, 3.63) is 0 Å². The van der Waals surface area contributed by atoms with Crippen LogP contribution in [0.25, 0.3) is 0 Å². The Balaban J connectivity index is 4.76. The molecule has 0 radical (unpaired) electrons. The molecule has 0 aliphatic rings. The summed E-state index contributed by atoms with van der Waals surface area (Å²) in [6.45, 7) is 0. The minimum atomic E-state index is -4.62. The SMILES string of the molecule is O=C(CC(C(=O)O[SiH3])S(=O)(=O)O)O[SiH3]. The topological polar surface area (TPSA) is 107 Å². The molecule has 1 atom stereocenters. The Morgan fingerprint density at radius 2 is 1.79 bits per heavy atom. The highest BCUT2D eigenvalue weighted by molar-refractivity contribution is 7.87. The second-order valence-corrected chi connectivity index (χ2v) is 4.72. The molecule has 0 spiro atoms. The number of hydrogen-bond donors (Lipinski definition) is 1. The van der Waals surface area contributed by atoms with Crippen molar-refractivity contribution in [3.8, 4) is 0 Å². The molecule has 0 saturated carbocycles. The first-order valence-electron chi connectivity index (χ1n) is 3.44. The van der Waals surface area contributed by atoms with E-state index >= 15 is 0 Å². The van der Waals surface area contributed by atoms with Crippen LogP contribution in [-0.2, 0) is 28.6 Å². The van der Waals surface area contributed by atoms with Gasteiger partial charge in [0.15, 0.2) is 5.25 Å². The summed E-state index contributed by atoms with van der Waals surface area (Å²) in [6, 6.07) is 0. The van der Waals surface area contributed by atoms with Crippen molar-refractivity contribution in [2.75, 3.05) is 0 Å². The monoisotopic (exact) mass is 258 g/mol. The highest BCUT2D eigenvalue weighted by atomic mass is 32.2. The second-order valence-electron chi connectivity index (χ2n) is 2.31. The van der Waals surface area contributed by atoms with E-state index in [1.807, 2.05) is 0 Å². The molecule has 0 saturated heterocycles. The summed E-state index contributed by atoms with van der Waals surface area (Å²) in [7, 11) is -4.54. The minimum absolute atomic E-state index is 0.0122. The van der Waals surface area contributed by atoms with Gasteiger partial charge >= 0.3 is 5.97 Å². The summed E-state index contributed by atoms with van der Waals surface area (Å²) in [5.74, 6) is -1.99. The smallest absolute Gasteiger partial charge is 0.313 e. The predicted octanol–water partition coefficient (Wildman–Crippen LogP) is -3.72. The zero-order valence-electron chi connectivity index (χ0n) is 7.59. The Morgan fingerprint density at radius 1 is 1.29 bits per heavy atom. The third-order valence-electron chi connectivity index (χ3n) is 1.40. The van der Waals surface area contributed by atoms with Crippen molar-refractivity contribution in [1.29, 1.82) is 0 Å². The Labute approximate surface area is 86.6 Å². The highest BCUT2D eigenvalue weighted by Crippen LogP contribution is 2.07. The molecule has 7 nitrogen and oxygen atoms in total. The van der Waals surface area contributed by atoms with Gasteiger partial charge in [-0.15, -0.1) is 0 Å². The molecule has 0 heterocycles. The van der Waals surface area contributed by atoms with Crippen molar-refractivity contribution in [2.24, 2.45) is 0 Å². The van der Waals surface area contributed by atoms with E-state index < -0.39 is 33.7 Å². The van der Waals surface area contributed by atoms with Crippen LogP contribution in [0.3, 0.4) is 0 Å². The first-order chi connectivity index (χ1) is 6.32. The molecule has 0 aromatic rings. The fraction of sp³-hybridized carbons (Fsp3) is 0.500. The van der Waals surface area contributed by atoms with Crippen LogP contribution in [0.15, 0.2) is 0 Å². The van der Waals surface area contributed by atoms with Crippen LogP contribution in [0.5, 0.6) is 0 Å². The number of carbonyl (C=O) groups is 2. The molecule has 0 aliphatic carbocycles. The molecule has 0 fully saturated rings. The molecular weight excluding hydrogens is 248 g/mol. The summed E-state index contributed by atoms with van der Waals surface area (Å²) in [5, 5.41) is -1.87. The van der Waals surface area contributed by atoms with E-state index in [1.165, 1.54) is 0 Å². The van der Waals surface area contributed by atoms with Crippen molar-refractivity contribution in [1.82, 2.24) is 0 Å². The molecule has 0 aromatic heterocycles. The third kappa shape index (κ3) is 3.99. The fourth-order valence-electron chi connectivity index (χ4n) is 0.676. The molecular formula is C4H10O7SSi2. The zero-order chi connectivity index (χ0) is 11.4. The van der Waals surface area contributed by atoms with E-state index in [0.29, 0.717) is 0 Å². The van der Waals surface area contributed by atoms with Crippen LogP contribution < -0.4 is 0 Å². The highest BCUT2D eigenvalue weighted by Gasteiger charge is 2.34. The lowest BCUT2D eigenvalue weighted by molar-refractivity contribution is -0.140. The number of rotatable bonds is 4. The molecule has 0 aromatic carbocycles. The maximum Gasteiger partial charge on any atom is 0.313 e. The van der Waals surface area contributed by atoms with E-state index in [-0.39, 0.29) is 21.0 Å². The van der Waals surface area contributed by atoms with Crippen molar-refractivity contribution in [3.63, 3.8) is 0 Å². The number of carbonyl (C=O) groups excluding carboxylic acids is 2. The summed E-state index contributed by atoms with van der Waals surface area (Å²) in [6.07, 6.45) is -0.719. The summed E-state index contributed by atoms with van der Waals surface area (Å²) < 4.78 is 38.5. The van der Waals surface area contributed by atoms with E-state index in [0.717, 1.165) is 0 Å². The average Bonchev–Trinajstić information content (AvgIpc) is 2.10. The van der Waals surface area contributed by atoms with Crippen LogP contribution in [0.4, 0.5) is 0 Å². The first kappa shape index (κ1) is 13.3. The summed E-state index contributed by atoms with van der Waals surface area (Å²) in [5.41, 5.74) is 0. The summed E-state index contributed by atoms with van der Waals surface area (Å²) in [4.78, 5) is 21.6. The van der Waals surface area contributed by atoms with Crippen LogP contribution >= 0.6 is 0 Å². The van der Waals surface area contributed by atoms with Gasteiger partial charge in [0.25, 0.3) is 16.1 Å². The van der Waals surface area contributed by atoms with E-state index in [9.17, 15) is 18.0 Å². The van der Waals surface area contributed by atoms with Crippen molar-refractivity contribution < 1.29 is 31.4 Å². The van der Waals surface area contributed by atoms with Crippen molar-refractivity contribution in [2.45, 2.75) is 11.7 Å². The maximum atomic E-state index is 10.9. The van der Waals surface area contributed by atoms with Crippen LogP contribution in [0.1, 0.15) is 6.42 Å². The standard InChI is InChI=1S/C4H10O7SSi2/c5-3(10-13)1-2(4(6)11-14)12(7,8)9/h2H,1H2,13-14H3,(H,7,8,9). The normalized spacial score (nSPS) is 13.5. The summed E-state index contributed by atoms with van der Waals surface area (Å²) >= 11 is 0. The lowest BCUT2D eigenvalue weighted by Gasteiger charge is -2.10. The quantitative estimate of drug-likeness (QED) is 0.408. The van der Waals surface area contributed by atoms with E-state index in [2.05, 4.69) is 8.85 Å². The minimum Gasteiger partial charge on any atom is -0.529 e. The lowest BCUT2D eigenvalue weighted by atomic mass is 10.3. The molecule has 0 aliphatic heterocycles. The van der Waals surface area contributed by atoms with Gasteiger partial charge in [-0.1, -0.05) is 0 Å². The molecule has 82 valence electrons. The molecule has 0 rings (SSSR count). The van der Waals surface area contributed by atoms with Crippen LogP contribution in [0, 0.1) is 0 Å². The van der Waals surface area contributed by atoms with Gasteiger partial charge in [0.1, 0.15) is 0 Å². The van der Waals surface area contributed by atoms with Crippen LogP contribution in [-0.4, -0.2) is 51.1 Å². The molecule has 14 heavy (non-hydrogen) atoms. The molecule has 1 N–H and O–H groups in total.